The van der Waals surface area contributed by atoms with Crippen molar-refractivity contribution in [3.63, 3.8) is 0 Å². The summed E-state index contributed by atoms with van der Waals surface area (Å²) < 4.78 is 0. The van der Waals surface area contributed by atoms with Crippen LogP contribution in [0.15, 0.2) is 66.9 Å². The largest absolute Gasteiger partial charge is 0.320 e. The maximum atomic E-state index is 12.5. The lowest BCUT2D eigenvalue weighted by Gasteiger charge is -2.13. The van der Waals surface area contributed by atoms with Crippen LogP contribution in [0.2, 0.25) is 10.2 Å². The Hall–Kier alpha value is -2.36. The topological polar surface area (TPSA) is 42.0 Å². The molecule has 1 N–H and O–H groups in total. The molecular formula is C18H12Cl2N2O. The first-order valence-electron chi connectivity index (χ1n) is 6.92. The van der Waals surface area contributed by atoms with Crippen molar-refractivity contribution in [2.24, 2.45) is 0 Å². The Kier molecular flexibility index (Phi) is 4.60. The minimum absolute atomic E-state index is 0.151. The molecule has 0 saturated carbocycles. The SMILES string of the molecule is O=C(Nc1c(Cl)cccc1-c1ccccc1)c1cccnc1Cl. The van der Waals surface area contributed by atoms with Gasteiger partial charge in [-0.1, -0.05) is 65.7 Å². The summed E-state index contributed by atoms with van der Waals surface area (Å²) in [4.78, 5) is 16.4. The van der Waals surface area contributed by atoms with E-state index in [0.717, 1.165) is 11.1 Å². The number of benzene rings is 2. The van der Waals surface area contributed by atoms with Crippen molar-refractivity contribution < 1.29 is 4.79 Å². The molecule has 1 amide bonds. The molecule has 23 heavy (non-hydrogen) atoms. The predicted octanol–water partition coefficient (Wildman–Crippen LogP) is 5.31. The highest BCUT2D eigenvalue weighted by atomic mass is 35.5. The molecule has 0 aliphatic rings. The molecule has 3 aromatic rings. The van der Waals surface area contributed by atoms with Crippen LogP contribution in [0.3, 0.4) is 0 Å². The van der Waals surface area contributed by atoms with Crippen molar-refractivity contribution in [1.29, 1.82) is 0 Å². The minimum atomic E-state index is -0.353. The van der Waals surface area contributed by atoms with Gasteiger partial charge in [-0.3, -0.25) is 4.79 Å². The van der Waals surface area contributed by atoms with Crippen LogP contribution in [-0.4, -0.2) is 10.9 Å². The zero-order valence-corrected chi connectivity index (χ0v) is 13.5. The molecule has 0 spiro atoms. The van der Waals surface area contributed by atoms with Crippen molar-refractivity contribution >= 4 is 34.8 Å². The third-order valence-electron chi connectivity index (χ3n) is 3.34. The normalized spacial score (nSPS) is 10.3. The Morgan fingerprint density at radius 1 is 0.913 bits per heavy atom. The van der Waals surface area contributed by atoms with Crippen LogP contribution in [-0.2, 0) is 0 Å². The number of nitrogens with zero attached hydrogens (tertiary/aromatic N) is 1. The summed E-state index contributed by atoms with van der Waals surface area (Å²) in [5.74, 6) is -0.353. The van der Waals surface area contributed by atoms with E-state index in [2.05, 4.69) is 10.3 Å². The second-order valence-corrected chi connectivity index (χ2v) is 5.59. The van der Waals surface area contributed by atoms with Gasteiger partial charge in [0.1, 0.15) is 5.15 Å². The molecule has 3 rings (SSSR count). The number of carbonyl (C=O) groups excluding carboxylic acids is 1. The average molecular weight is 343 g/mol. The summed E-state index contributed by atoms with van der Waals surface area (Å²) >= 11 is 12.3. The first kappa shape index (κ1) is 15.5. The van der Waals surface area contributed by atoms with Crippen LogP contribution >= 0.6 is 23.2 Å². The summed E-state index contributed by atoms with van der Waals surface area (Å²) in [5.41, 5.74) is 2.65. The number of carbonyl (C=O) groups is 1. The molecule has 0 radical (unpaired) electrons. The van der Waals surface area contributed by atoms with Gasteiger partial charge in [-0.2, -0.15) is 0 Å². The fourth-order valence-electron chi connectivity index (χ4n) is 2.25. The minimum Gasteiger partial charge on any atom is -0.320 e. The van der Waals surface area contributed by atoms with Crippen LogP contribution < -0.4 is 5.32 Å². The number of amides is 1. The zero-order chi connectivity index (χ0) is 16.2. The quantitative estimate of drug-likeness (QED) is 0.655. The third-order valence-corrected chi connectivity index (χ3v) is 3.96. The van der Waals surface area contributed by atoms with Gasteiger partial charge in [0.05, 0.1) is 16.3 Å². The van der Waals surface area contributed by atoms with Gasteiger partial charge >= 0.3 is 0 Å². The van der Waals surface area contributed by atoms with Crippen molar-refractivity contribution in [3.05, 3.63) is 82.6 Å². The van der Waals surface area contributed by atoms with E-state index < -0.39 is 0 Å². The van der Waals surface area contributed by atoms with Crippen molar-refractivity contribution in [1.82, 2.24) is 4.98 Å². The fraction of sp³-hybridized carbons (Fsp3) is 0. The molecule has 0 atom stereocenters. The van der Waals surface area contributed by atoms with E-state index in [1.54, 1.807) is 18.2 Å². The van der Waals surface area contributed by atoms with Crippen LogP contribution in [0.1, 0.15) is 10.4 Å². The van der Waals surface area contributed by atoms with E-state index in [1.807, 2.05) is 42.5 Å². The van der Waals surface area contributed by atoms with Crippen molar-refractivity contribution in [2.45, 2.75) is 0 Å². The number of nitrogens with one attached hydrogen (secondary N) is 1. The van der Waals surface area contributed by atoms with Gasteiger partial charge in [-0.15, -0.1) is 0 Å². The van der Waals surface area contributed by atoms with Crippen LogP contribution in [0.5, 0.6) is 0 Å². The first-order valence-corrected chi connectivity index (χ1v) is 7.68. The Labute approximate surface area is 143 Å². The lowest BCUT2D eigenvalue weighted by Crippen LogP contribution is -2.14. The summed E-state index contributed by atoms with van der Waals surface area (Å²) in [7, 11) is 0. The molecule has 0 saturated heterocycles. The molecule has 0 aliphatic carbocycles. The highest BCUT2D eigenvalue weighted by Crippen LogP contribution is 2.34. The zero-order valence-electron chi connectivity index (χ0n) is 12.0. The molecule has 0 unspecified atom stereocenters. The van der Waals surface area contributed by atoms with Gasteiger partial charge in [-0.25, -0.2) is 4.98 Å². The van der Waals surface area contributed by atoms with E-state index in [0.29, 0.717) is 16.3 Å². The standard InChI is InChI=1S/C18H12Cl2N2O/c19-15-10-4-8-13(12-6-2-1-3-7-12)16(15)22-18(23)14-9-5-11-21-17(14)20/h1-11H,(H,22,23). The molecule has 5 heteroatoms. The second-order valence-electron chi connectivity index (χ2n) is 4.82. The summed E-state index contributed by atoms with van der Waals surface area (Å²) in [6.07, 6.45) is 1.53. The van der Waals surface area contributed by atoms with Crippen LogP contribution in [0, 0.1) is 0 Å². The average Bonchev–Trinajstić information content (AvgIpc) is 2.58. The molecule has 1 aromatic heterocycles. The summed E-state index contributed by atoms with van der Waals surface area (Å²) in [5, 5.41) is 3.45. The Bertz CT molecular complexity index is 851. The number of para-hydroxylation sites is 1. The molecule has 2 aromatic carbocycles. The summed E-state index contributed by atoms with van der Waals surface area (Å²) in [6.45, 7) is 0. The van der Waals surface area contributed by atoms with Gasteiger partial charge in [0, 0.05) is 11.8 Å². The number of hydrogen-bond donors (Lipinski definition) is 1. The van der Waals surface area contributed by atoms with E-state index in [-0.39, 0.29) is 11.1 Å². The number of anilines is 1. The Balaban J connectivity index is 2.01. The molecule has 0 fully saturated rings. The van der Waals surface area contributed by atoms with Gasteiger partial charge < -0.3 is 5.32 Å². The lowest BCUT2D eigenvalue weighted by molar-refractivity contribution is 0.102. The number of rotatable bonds is 3. The van der Waals surface area contributed by atoms with Crippen LogP contribution in [0.25, 0.3) is 11.1 Å². The monoisotopic (exact) mass is 342 g/mol. The van der Waals surface area contributed by atoms with Gasteiger partial charge in [0.25, 0.3) is 5.91 Å². The number of halogens is 2. The summed E-state index contributed by atoms with van der Waals surface area (Å²) in [6, 6.07) is 18.5. The van der Waals surface area contributed by atoms with Gasteiger partial charge in [-0.05, 0) is 23.8 Å². The molecule has 0 aliphatic heterocycles. The smallest absolute Gasteiger partial charge is 0.258 e. The molecular weight excluding hydrogens is 331 g/mol. The van der Waals surface area contributed by atoms with Gasteiger partial charge in [0.15, 0.2) is 0 Å². The number of hydrogen-bond acceptors (Lipinski definition) is 2. The van der Waals surface area contributed by atoms with E-state index >= 15 is 0 Å². The Morgan fingerprint density at radius 3 is 2.43 bits per heavy atom. The molecule has 1 heterocycles. The number of aromatic nitrogens is 1. The maximum absolute atomic E-state index is 12.5. The Morgan fingerprint density at radius 2 is 1.70 bits per heavy atom. The highest BCUT2D eigenvalue weighted by Gasteiger charge is 2.15. The van der Waals surface area contributed by atoms with Gasteiger partial charge in [0.2, 0.25) is 0 Å². The van der Waals surface area contributed by atoms with E-state index in [9.17, 15) is 4.79 Å². The third kappa shape index (κ3) is 3.36. The fourth-order valence-corrected chi connectivity index (χ4v) is 2.67. The van der Waals surface area contributed by atoms with Crippen molar-refractivity contribution in [2.75, 3.05) is 5.32 Å². The van der Waals surface area contributed by atoms with Crippen molar-refractivity contribution in [3.8, 4) is 11.1 Å². The predicted molar refractivity (Wildman–Crippen MR) is 94.1 cm³/mol. The first-order chi connectivity index (χ1) is 11.2. The second kappa shape index (κ2) is 6.82. The maximum Gasteiger partial charge on any atom is 0.258 e. The molecule has 114 valence electrons. The molecule has 3 nitrogen and oxygen atoms in total. The lowest BCUT2D eigenvalue weighted by atomic mass is 10.0. The molecule has 0 bridgehead atoms. The van der Waals surface area contributed by atoms with Crippen LogP contribution in [0.4, 0.5) is 5.69 Å². The van der Waals surface area contributed by atoms with E-state index in [4.69, 9.17) is 23.2 Å². The highest BCUT2D eigenvalue weighted by molar-refractivity contribution is 6.36. The van der Waals surface area contributed by atoms with E-state index in [1.165, 1.54) is 6.20 Å². The number of pyridine rings is 1.